The normalized spacial score (nSPS) is 25.2. The van der Waals surface area contributed by atoms with E-state index in [4.69, 9.17) is 5.11 Å². The predicted molar refractivity (Wildman–Crippen MR) is 57.0 cm³/mol. The van der Waals surface area contributed by atoms with Crippen LogP contribution in [0.5, 0.6) is 0 Å². The Labute approximate surface area is 82.3 Å². The molecule has 0 aromatic carbocycles. The van der Waals surface area contributed by atoms with Crippen LogP contribution in [0.1, 0.15) is 20.3 Å². The molecule has 1 saturated heterocycles. The lowest BCUT2D eigenvalue weighted by Gasteiger charge is -2.37. The van der Waals surface area contributed by atoms with Gasteiger partial charge in [-0.25, -0.2) is 0 Å². The Kier molecular flexibility index (Phi) is 7.23. The third kappa shape index (κ3) is 4.60. The molecule has 0 radical (unpaired) electrons. The Morgan fingerprint density at radius 3 is 2.38 bits per heavy atom. The van der Waals surface area contributed by atoms with Gasteiger partial charge in [0.2, 0.25) is 0 Å². The monoisotopic (exact) mass is 188 g/mol. The SMILES string of the molecule is CC.CN1CCN(C)C(CCO)C1. The maximum absolute atomic E-state index is 8.78. The summed E-state index contributed by atoms with van der Waals surface area (Å²) in [7, 11) is 4.27. The van der Waals surface area contributed by atoms with Crippen LogP contribution in [0.4, 0.5) is 0 Å². The lowest BCUT2D eigenvalue weighted by Crippen LogP contribution is -2.50. The van der Waals surface area contributed by atoms with Gasteiger partial charge < -0.3 is 14.9 Å². The molecular formula is C10H24N2O. The first kappa shape index (κ1) is 12.9. The van der Waals surface area contributed by atoms with Crippen molar-refractivity contribution in [2.75, 3.05) is 40.3 Å². The van der Waals surface area contributed by atoms with Crippen molar-refractivity contribution >= 4 is 0 Å². The molecule has 1 unspecified atom stereocenters. The van der Waals surface area contributed by atoms with Crippen LogP contribution in [0, 0.1) is 0 Å². The number of hydrogen-bond donors (Lipinski definition) is 1. The maximum Gasteiger partial charge on any atom is 0.0446 e. The number of aliphatic hydroxyl groups excluding tert-OH is 1. The molecule has 1 aliphatic heterocycles. The van der Waals surface area contributed by atoms with Crippen LogP contribution < -0.4 is 0 Å². The van der Waals surface area contributed by atoms with E-state index in [9.17, 15) is 0 Å². The minimum atomic E-state index is 0.308. The van der Waals surface area contributed by atoms with E-state index in [1.165, 1.54) is 0 Å². The maximum atomic E-state index is 8.78. The van der Waals surface area contributed by atoms with E-state index in [1.807, 2.05) is 13.8 Å². The second kappa shape index (κ2) is 7.30. The van der Waals surface area contributed by atoms with Gasteiger partial charge in [-0.2, -0.15) is 0 Å². The minimum absolute atomic E-state index is 0.308. The minimum Gasteiger partial charge on any atom is -0.396 e. The Balaban J connectivity index is 0.000000671. The van der Waals surface area contributed by atoms with Crippen molar-refractivity contribution in [2.24, 2.45) is 0 Å². The van der Waals surface area contributed by atoms with Crippen molar-refractivity contribution in [3.05, 3.63) is 0 Å². The van der Waals surface area contributed by atoms with Crippen LogP contribution in [-0.2, 0) is 0 Å². The molecule has 1 N–H and O–H groups in total. The van der Waals surface area contributed by atoms with Gasteiger partial charge in [0.25, 0.3) is 0 Å². The average Bonchev–Trinajstić information content (AvgIpc) is 2.15. The fraction of sp³-hybridized carbons (Fsp3) is 1.00. The number of nitrogens with zero attached hydrogens (tertiary/aromatic N) is 2. The Morgan fingerprint density at radius 2 is 1.85 bits per heavy atom. The third-order valence-electron chi connectivity index (χ3n) is 2.44. The van der Waals surface area contributed by atoms with E-state index < -0.39 is 0 Å². The van der Waals surface area contributed by atoms with Crippen molar-refractivity contribution in [2.45, 2.75) is 26.3 Å². The van der Waals surface area contributed by atoms with Gasteiger partial charge >= 0.3 is 0 Å². The highest BCUT2D eigenvalue weighted by atomic mass is 16.3. The molecule has 3 nitrogen and oxygen atoms in total. The van der Waals surface area contributed by atoms with Crippen molar-refractivity contribution in [1.82, 2.24) is 9.80 Å². The van der Waals surface area contributed by atoms with Crippen molar-refractivity contribution < 1.29 is 5.11 Å². The van der Waals surface area contributed by atoms with Crippen molar-refractivity contribution in [3.8, 4) is 0 Å². The molecule has 0 aliphatic carbocycles. The summed E-state index contributed by atoms with van der Waals surface area (Å²) < 4.78 is 0. The third-order valence-corrected chi connectivity index (χ3v) is 2.44. The highest BCUT2D eigenvalue weighted by Crippen LogP contribution is 2.08. The molecule has 1 rings (SSSR count). The summed E-state index contributed by atoms with van der Waals surface area (Å²) in [4.78, 5) is 4.65. The molecule has 1 heterocycles. The summed E-state index contributed by atoms with van der Waals surface area (Å²) in [6.07, 6.45) is 0.904. The molecule has 0 aromatic heterocycles. The van der Waals surface area contributed by atoms with Crippen molar-refractivity contribution in [1.29, 1.82) is 0 Å². The summed E-state index contributed by atoms with van der Waals surface area (Å²) in [6, 6.07) is 0.554. The molecule has 13 heavy (non-hydrogen) atoms. The summed E-state index contributed by atoms with van der Waals surface area (Å²) in [5.74, 6) is 0. The summed E-state index contributed by atoms with van der Waals surface area (Å²) in [6.45, 7) is 7.68. The molecule has 1 aliphatic rings. The van der Waals surface area contributed by atoms with Crippen LogP contribution in [0.15, 0.2) is 0 Å². The zero-order valence-electron chi connectivity index (χ0n) is 9.45. The second-order valence-corrected chi connectivity index (χ2v) is 3.41. The van der Waals surface area contributed by atoms with Crippen LogP contribution in [0.25, 0.3) is 0 Å². The number of likely N-dealkylation sites (N-methyl/N-ethyl adjacent to an activating group) is 2. The van der Waals surface area contributed by atoms with Gasteiger partial charge in [0.1, 0.15) is 0 Å². The van der Waals surface area contributed by atoms with Gasteiger partial charge in [-0.05, 0) is 20.5 Å². The lowest BCUT2D eigenvalue weighted by atomic mass is 10.1. The van der Waals surface area contributed by atoms with Crippen LogP contribution in [-0.4, -0.2) is 61.3 Å². The molecule has 0 aromatic rings. The van der Waals surface area contributed by atoms with Gasteiger partial charge in [-0.1, -0.05) is 13.8 Å². The van der Waals surface area contributed by atoms with E-state index in [0.717, 1.165) is 26.1 Å². The smallest absolute Gasteiger partial charge is 0.0446 e. The van der Waals surface area contributed by atoms with E-state index in [1.54, 1.807) is 0 Å². The van der Waals surface area contributed by atoms with Gasteiger partial charge in [-0.15, -0.1) is 0 Å². The van der Waals surface area contributed by atoms with E-state index >= 15 is 0 Å². The van der Waals surface area contributed by atoms with Crippen molar-refractivity contribution in [3.63, 3.8) is 0 Å². The Bertz CT molecular complexity index is 119. The molecule has 0 saturated carbocycles. The molecule has 80 valence electrons. The van der Waals surface area contributed by atoms with Crippen LogP contribution >= 0.6 is 0 Å². The van der Waals surface area contributed by atoms with Crippen LogP contribution in [0.3, 0.4) is 0 Å². The average molecular weight is 188 g/mol. The molecule has 0 spiro atoms. The summed E-state index contributed by atoms with van der Waals surface area (Å²) in [5.41, 5.74) is 0. The number of piperazine rings is 1. The van der Waals surface area contributed by atoms with Gasteiger partial charge in [0, 0.05) is 32.3 Å². The first-order chi connectivity index (χ1) is 6.24. The zero-order valence-corrected chi connectivity index (χ0v) is 9.45. The second-order valence-electron chi connectivity index (χ2n) is 3.41. The lowest BCUT2D eigenvalue weighted by molar-refractivity contribution is 0.0941. The molecule has 1 fully saturated rings. The topological polar surface area (TPSA) is 26.7 Å². The first-order valence-corrected chi connectivity index (χ1v) is 5.23. The quantitative estimate of drug-likeness (QED) is 0.689. The van der Waals surface area contributed by atoms with Crippen LogP contribution in [0.2, 0.25) is 0 Å². The van der Waals surface area contributed by atoms with E-state index in [-0.39, 0.29) is 0 Å². The Morgan fingerprint density at radius 1 is 1.23 bits per heavy atom. The Hall–Kier alpha value is -0.120. The number of hydrogen-bond acceptors (Lipinski definition) is 3. The zero-order chi connectivity index (χ0) is 10.3. The first-order valence-electron chi connectivity index (χ1n) is 5.23. The highest BCUT2D eigenvalue weighted by molar-refractivity contribution is 4.77. The largest absolute Gasteiger partial charge is 0.396 e. The number of rotatable bonds is 2. The van der Waals surface area contributed by atoms with E-state index in [0.29, 0.717) is 12.6 Å². The van der Waals surface area contributed by atoms with Gasteiger partial charge in [0.15, 0.2) is 0 Å². The number of aliphatic hydroxyl groups is 1. The standard InChI is InChI=1S/C8H18N2O.C2H6/c1-9-4-5-10(2)8(7-9)3-6-11;1-2/h8,11H,3-7H2,1-2H3;1-2H3. The fourth-order valence-corrected chi connectivity index (χ4v) is 1.56. The fourth-order valence-electron chi connectivity index (χ4n) is 1.56. The molecular weight excluding hydrogens is 164 g/mol. The molecule has 1 atom stereocenters. The molecule has 0 bridgehead atoms. The summed E-state index contributed by atoms with van der Waals surface area (Å²) >= 11 is 0. The molecule has 3 heteroatoms. The highest BCUT2D eigenvalue weighted by Gasteiger charge is 2.20. The van der Waals surface area contributed by atoms with Gasteiger partial charge in [-0.3, -0.25) is 0 Å². The van der Waals surface area contributed by atoms with E-state index in [2.05, 4.69) is 23.9 Å². The molecule has 0 amide bonds. The summed E-state index contributed by atoms with van der Waals surface area (Å²) in [5, 5.41) is 8.78. The van der Waals surface area contributed by atoms with Gasteiger partial charge in [0.05, 0.1) is 0 Å². The predicted octanol–water partition coefficient (Wildman–Crippen LogP) is 0.641.